The summed E-state index contributed by atoms with van der Waals surface area (Å²) in [5, 5.41) is 3.47. The topological polar surface area (TPSA) is 41.6 Å². The number of carbonyl (C=O) groups excluding carboxylic acids is 1. The molecule has 4 nitrogen and oxygen atoms in total. The van der Waals surface area contributed by atoms with E-state index in [-0.39, 0.29) is 28.9 Å². The van der Waals surface area contributed by atoms with Gasteiger partial charge in [-0.2, -0.15) is 0 Å². The summed E-state index contributed by atoms with van der Waals surface area (Å²) in [7, 11) is 1.64. The minimum absolute atomic E-state index is 0.119. The number of anilines is 1. The quantitative estimate of drug-likeness (QED) is 0.665. The molecule has 23 heavy (non-hydrogen) atoms. The third-order valence-electron chi connectivity index (χ3n) is 4.66. The highest BCUT2D eigenvalue weighted by Crippen LogP contribution is 2.43. The Balaban J connectivity index is 1.60. The second-order valence-electron chi connectivity index (χ2n) is 5.87. The Morgan fingerprint density at radius 1 is 1.04 bits per heavy atom. The Kier molecular flexibility index (Phi) is 3.62. The van der Waals surface area contributed by atoms with Crippen molar-refractivity contribution in [2.24, 2.45) is 0 Å². The zero-order valence-electron chi connectivity index (χ0n) is 12.6. The zero-order valence-corrected chi connectivity index (χ0v) is 14.2. The van der Waals surface area contributed by atoms with Gasteiger partial charge >= 0.3 is 0 Å². The molecule has 4 atom stereocenters. The van der Waals surface area contributed by atoms with Crippen LogP contribution < -0.4 is 15.0 Å². The highest BCUT2D eigenvalue weighted by molar-refractivity contribution is 9.09. The molecule has 2 aromatic carbocycles. The normalized spacial score (nSPS) is 29.1. The second-order valence-corrected chi connectivity index (χ2v) is 6.93. The Hall–Kier alpha value is -1.85. The van der Waals surface area contributed by atoms with Gasteiger partial charge in [-0.3, -0.25) is 10.1 Å². The van der Waals surface area contributed by atoms with E-state index < -0.39 is 0 Å². The first-order valence-electron chi connectivity index (χ1n) is 7.63. The molecule has 2 saturated heterocycles. The second kappa shape index (κ2) is 5.65. The van der Waals surface area contributed by atoms with Gasteiger partial charge in [0.05, 0.1) is 18.0 Å². The van der Waals surface area contributed by atoms with Crippen LogP contribution in [0.1, 0.15) is 11.6 Å². The van der Waals surface area contributed by atoms with Gasteiger partial charge in [0.15, 0.2) is 0 Å². The Labute approximate surface area is 143 Å². The molecular formula is C18H17BrN2O2. The standard InChI is InChI=1S/C18H17BrN2O2/c1-23-13-9-7-12(8-10-13)21-17-14(19)15(20-16(17)18(21)22)11-5-3-2-4-6-11/h2-10,14-17,20H,1H3/t14-,15-,16-,17+/m1/s1. The van der Waals surface area contributed by atoms with E-state index in [0.717, 1.165) is 11.4 Å². The number of methoxy groups -OCH3 is 1. The summed E-state index contributed by atoms with van der Waals surface area (Å²) in [4.78, 5) is 14.6. The van der Waals surface area contributed by atoms with E-state index in [4.69, 9.17) is 4.74 Å². The van der Waals surface area contributed by atoms with Crippen LogP contribution >= 0.6 is 15.9 Å². The van der Waals surface area contributed by atoms with Crippen LogP contribution in [0.25, 0.3) is 0 Å². The molecule has 4 rings (SSSR count). The summed E-state index contributed by atoms with van der Waals surface area (Å²) in [6.45, 7) is 0. The first-order chi connectivity index (χ1) is 11.2. The third kappa shape index (κ3) is 2.26. The van der Waals surface area contributed by atoms with E-state index in [0.29, 0.717) is 0 Å². The smallest absolute Gasteiger partial charge is 0.246 e. The van der Waals surface area contributed by atoms with Crippen LogP contribution in [-0.4, -0.2) is 29.9 Å². The van der Waals surface area contributed by atoms with Gasteiger partial charge in [-0.25, -0.2) is 0 Å². The number of ether oxygens (including phenoxy) is 1. The number of halogens is 1. The molecule has 2 heterocycles. The minimum atomic E-state index is -0.119. The molecule has 2 aliphatic heterocycles. The molecule has 0 radical (unpaired) electrons. The van der Waals surface area contributed by atoms with Crippen LogP contribution in [0.15, 0.2) is 54.6 Å². The van der Waals surface area contributed by atoms with Gasteiger partial charge in [0.2, 0.25) is 5.91 Å². The lowest BCUT2D eigenvalue weighted by molar-refractivity contribution is -0.125. The first-order valence-corrected chi connectivity index (χ1v) is 8.54. The van der Waals surface area contributed by atoms with E-state index in [1.54, 1.807) is 7.11 Å². The number of alkyl halides is 1. The van der Waals surface area contributed by atoms with E-state index in [9.17, 15) is 4.79 Å². The zero-order chi connectivity index (χ0) is 16.0. The summed E-state index contributed by atoms with van der Waals surface area (Å²) in [5.74, 6) is 0.920. The average molecular weight is 373 g/mol. The maximum atomic E-state index is 12.5. The summed E-state index contributed by atoms with van der Waals surface area (Å²) in [6.07, 6.45) is 0. The Morgan fingerprint density at radius 2 is 1.74 bits per heavy atom. The molecule has 118 valence electrons. The van der Waals surface area contributed by atoms with E-state index in [2.05, 4.69) is 33.4 Å². The summed E-state index contributed by atoms with van der Waals surface area (Å²) >= 11 is 3.81. The number of amides is 1. The number of carbonyl (C=O) groups is 1. The van der Waals surface area contributed by atoms with Gasteiger partial charge in [0, 0.05) is 11.7 Å². The summed E-state index contributed by atoms with van der Waals surface area (Å²) in [5.41, 5.74) is 2.11. The number of β-lactam (4-membered cyclic amide) rings is 1. The van der Waals surface area contributed by atoms with Crippen molar-refractivity contribution in [3.8, 4) is 5.75 Å². The molecule has 2 fully saturated rings. The van der Waals surface area contributed by atoms with Crippen LogP contribution in [0, 0.1) is 0 Å². The summed E-state index contributed by atoms with van der Waals surface area (Å²) in [6, 6.07) is 18.0. The van der Waals surface area contributed by atoms with Crippen molar-refractivity contribution < 1.29 is 9.53 Å². The lowest BCUT2D eigenvalue weighted by Crippen LogP contribution is -2.67. The highest BCUT2D eigenvalue weighted by atomic mass is 79.9. The van der Waals surface area contributed by atoms with Crippen molar-refractivity contribution in [2.45, 2.75) is 23.0 Å². The molecule has 2 aromatic rings. The molecular weight excluding hydrogens is 356 g/mol. The molecule has 2 aliphatic rings. The van der Waals surface area contributed by atoms with E-state index >= 15 is 0 Å². The van der Waals surface area contributed by atoms with Crippen molar-refractivity contribution in [3.63, 3.8) is 0 Å². The predicted molar refractivity (Wildman–Crippen MR) is 93.1 cm³/mol. The molecule has 5 heteroatoms. The van der Waals surface area contributed by atoms with Crippen LogP contribution in [-0.2, 0) is 4.79 Å². The van der Waals surface area contributed by atoms with Crippen molar-refractivity contribution in [1.82, 2.24) is 5.32 Å². The number of benzene rings is 2. The molecule has 0 aromatic heterocycles. The summed E-state index contributed by atoms with van der Waals surface area (Å²) < 4.78 is 5.19. The maximum absolute atomic E-state index is 12.5. The van der Waals surface area contributed by atoms with Crippen LogP contribution in [0.3, 0.4) is 0 Å². The molecule has 0 spiro atoms. The van der Waals surface area contributed by atoms with Crippen molar-refractivity contribution in [3.05, 3.63) is 60.2 Å². The van der Waals surface area contributed by atoms with Gasteiger partial charge in [-0.1, -0.05) is 46.3 Å². The van der Waals surface area contributed by atoms with Gasteiger partial charge in [-0.15, -0.1) is 0 Å². The molecule has 0 aliphatic carbocycles. The number of hydrogen-bond donors (Lipinski definition) is 1. The molecule has 0 saturated carbocycles. The number of nitrogens with zero attached hydrogens (tertiary/aromatic N) is 1. The first kappa shape index (κ1) is 14.7. The fourth-order valence-electron chi connectivity index (χ4n) is 3.47. The lowest BCUT2D eigenvalue weighted by atomic mass is 9.93. The minimum Gasteiger partial charge on any atom is -0.497 e. The van der Waals surface area contributed by atoms with Gasteiger partial charge in [0.1, 0.15) is 11.8 Å². The van der Waals surface area contributed by atoms with Crippen molar-refractivity contribution in [2.75, 3.05) is 12.0 Å². The van der Waals surface area contributed by atoms with Crippen LogP contribution in [0.4, 0.5) is 5.69 Å². The van der Waals surface area contributed by atoms with Crippen LogP contribution in [0.5, 0.6) is 5.75 Å². The van der Waals surface area contributed by atoms with Gasteiger partial charge < -0.3 is 9.64 Å². The van der Waals surface area contributed by atoms with Crippen LogP contribution in [0.2, 0.25) is 0 Å². The fourth-order valence-corrected chi connectivity index (χ4v) is 4.47. The molecule has 0 bridgehead atoms. The average Bonchev–Trinajstić information content (AvgIpc) is 2.89. The van der Waals surface area contributed by atoms with Gasteiger partial charge in [0.25, 0.3) is 0 Å². The van der Waals surface area contributed by atoms with Gasteiger partial charge in [-0.05, 0) is 29.8 Å². The largest absolute Gasteiger partial charge is 0.497 e. The van der Waals surface area contributed by atoms with E-state index in [1.165, 1.54) is 5.56 Å². The molecule has 1 amide bonds. The van der Waals surface area contributed by atoms with Crippen molar-refractivity contribution in [1.29, 1.82) is 0 Å². The number of fused-ring (bicyclic) bond motifs is 1. The SMILES string of the molecule is COc1ccc(N2C(=O)[C@@H]3N[C@H](c4ccccc4)[C@@H](Br)[C@@H]32)cc1. The maximum Gasteiger partial charge on any atom is 0.246 e. The number of rotatable bonds is 3. The number of hydrogen-bond acceptors (Lipinski definition) is 3. The fraction of sp³-hybridized carbons (Fsp3) is 0.278. The third-order valence-corrected chi connectivity index (χ3v) is 5.73. The predicted octanol–water partition coefficient (Wildman–Crippen LogP) is 2.89. The molecule has 0 unspecified atom stereocenters. The van der Waals surface area contributed by atoms with E-state index in [1.807, 2.05) is 47.4 Å². The number of nitrogens with one attached hydrogen (secondary N) is 1. The van der Waals surface area contributed by atoms with Crippen molar-refractivity contribution >= 4 is 27.5 Å². The molecule has 1 N–H and O–H groups in total. The highest BCUT2D eigenvalue weighted by Gasteiger charge is 2.58. The Morgan fingerprint density at radius 3 is 2.39 bits per heavy atom. The monoisotopic (exact) mass is 372 g/mol. The lowest BCUT2D eigenvalue weighted by Gasteiger charge is -2.44. The Bertz CT molecular complexity index is 720.